The maximum absolute atomic E-state index is 6.68. The van der Waals surface area contributed by atoms with Crippen molar-refractivity contribution >= 4 is 43.6 Å². The second-order valence-electron chi connectivity index (χ2n) is 14.6. The summed E-state index contributed by atoms with van der Waals surface area (Å²) >= 11 is 0. The third-order valence-corrected chi connectivity index (χ3v) is 11.0. The van der Waals surface area contributed by atoms with Gasteiger partial charge in [0.1, 0.15) is 16.8 Å². The molecule has 11 rings (SSSR count). The van der Waals surface area contributed by atoms with E-state index in [1.807, 2.05) is 0 Å². The summed E-state index contributed by atoms with van der Waals surface area (Å²) in [6.45, 7) is 0. The Kier molecular flexibility index (Phi) is 7.82. The van der Waals surface area contributed by atoms with Gasteiger partial charge in [0, 0.05) is 16.5 Å². The molecule has 266 valence electrons. The predicted octanol–water partition coefficient (Wildman–Crippen LogP) is 14.7. The topological polar surface area (TPSA) is 38.9 Å². The van der Waals surface area contributed by atoms with Gasteiger partial charge in [-0.15, -0.1) is 0 Å². The molecule has 0 unspecified atom stereocenters. The zero-order valence-electron chi connectivity index (χ0n) is 30.9. The molecule has 0 atom stereocenters. The molecule has 0 fully saturated rings. The van der Waals surface area contributed by atoms with E-state index in [1.165, 1.54) is 27.8 Å². The van der Waals surface area contributed by atoms with E-state index in [0.29, 0.717) is 11.4 Å². The highest BCUT2D eigenvalue weighted by molar-refractivity contribution is 6.13. The zero-order chi connectivity index (χ0) is 37.7. The van der Waals surface area contributed by atoms with Crippen LogP contribution in [0.1, 0.15) is 0 Å². The van der Waals surface area contributed by atoms with E-state index in [1.54, 1.807) is 0 Å². The normalized spacial score (nSPS) is 11.5. The van der Waals surface area contributed by atoms with Crippen LogP contribution in [0, 0.1) is 0 Å². The van der Waals surface area contributed by atoms with Gasteiger partial charge >= 0.3 is 0 Å². The van der Waals surface area contributed by atoms with Crippen molar-refractivity contribution in [3.8, 4) is 67.2 Å². The van der Waals surface area contributed by atoms with Crippen molar-refractivity contribution in [2.45, 2.75) is 0 Å². The van der Waals surface area contributed by atoms with Crippen LogP contribution >= 0.6 is 0 Å². The SMILES string of the molecule is c1ccc(-c2cc(-c3ccccc3)cc(-c3cccc(-c4cccc(-c5nc(-c6cccc7ccccc67)c6oc7cc8ccccc8cc7c6n5)c4)c3)c2)cc1. The highest BCUT2D eigenvalue weighted by atomic mass is 16.3. The van der Waals surface area contributed by atoms with Gasteiger partial charge in [-0.25, -0.2) is 9.97 Å². The fourth-order valence-corrected chi connectivity index (χ4v) is 8.18. The molecule has 0 aliphatic heterocycles. The summed E-state index contributed by atoms with van der Waals surface area (Å²) in [5.41, 5.74) is 14.3. The summed E-state index contributed by atoms with van der Waals surface area (Å²) in [5, 5.41) is 5.52. The van der Waals surface area contributed by atoms with Gasteiger partial charge in [0.05, 0.1) is 0 Å². The van der Waals surface area contributed by atoms with E-state index >= 15 is 0 Å². The first kappa shape index (κ1) is 32.8. The molecule has 3 nitrogen and oxygen atoms in total. The fourth-order valence-electron chi connectivity index (χ4n) is 8.18. The van der Waals surface area contributed by atoms with Crippen LogP contribution in [0.3, 0.4) is 0 Å². The summed E-state index contributed by atoms with van der Waals surface area (Å²) in [6, 6.07) is 73.0. The monoisotopic (exact) mass is 726 g/mol. The summed E-state index contributed by atoms with van der Waals surface area (Å²) in [6.07, 6.45) is 0. The van der Waals surface area contributed by atoms with Gasteiger partial charge in [-0.2, -0.15) is 0 Å². The molecule has 0 amide bonds. The maximum Gasteiger partial charge on any atom is 0.180 e. The quantitative estimate of drug-likeness (QED) is 0.171. The molecule has 0 aliphatic rings. The van der Waals surface area contributed by atoms with E-state index in [0.717, 1.165) is 71.5 Å². The largest absolute Gasteiger partial charge is 0.452 e. The van der Waals surface area contributed by atoms with Crippen molar-refractivity contribution < 1.29 is 4.42 Å². The van der Waals surface area contributed by atoms with Gasteiger partial charge in [-0.3, -0.25) is 0 Å². The lowest BCUT2D eigenvalue weighted by atomic mass is 9.92. The Hall–Kier alpha value is -7.62. The van der Waals surface area contributed by atoms with Crippen molar-refractivity contribution in [3.05, 3.63) is 206 Å². The molecule has 0 aliphatic carbocycles. The third kappa shape index (κ3) is 5.94. The molecular formula is C54H34N2O. The van der Waals surface area contributed by atoms with E-state index in [9.17, 15) is 0 Å². The number of rotatable bonds is 6. The number of aromatic nitrogens is 2. The second-order valence-corrected chi connectivity index (χ2v) is 14.6. The smallest absolute Gasteiger partial charge is 0.180 e. The van der Waals surface area contributed by atoms with E-state index < -0.39 is 0 Å². The van der Waals surface area contributed by atoms with Crippen LogP contribution in [-0.2, 0) is 0 Å². The molecule has 57 heavy (non-hydrogen) atoms. The molecule has 11 aromatic rings. The van der Waals surface area contributed by atoms with Crippen LogP contribution in [0.15, 0.2) is 211 Å². The zero-order valence-corrected chi connectivity index (χ0v) is 30.9. The third-order valence-electron chi connectivity index (χ3n) is 11.0. The van der Waals surface area contributed by atoms with Crippen LogP contribution in [0.4, 0.5) is 0 Å². The number of benzene rings is 9. The minimum Gasteiger partial charge on any atom is -0.452 e. The number of nitrogens with zero attached hydrogens (tertiary/aromatic N) is 2. The average molecular weight is 727 g/mol. The van der Waals surface area contributed by atoms with Crippen molar-refractivity contribution in [2.24, 2.45) is 0 Å². The Morgan fingerprint density at radius 2 is 0.789 bits per heavy atom. The lowest BCUT2D eigenvalue weighted by molar-refractivity contribution is 0.668. The van der Waals surface area contributed by atoms with E-state index in [-0.39, 0.29) is 0 Å². The van der Waals surface area contributed by atoms with Crippen molar-refractivity contribution in [2.75, 3.05) is 0 Å². The van der Waals surface area contributed by atoms with Crippen molar-refractivity contribution in [1.82, 2.24) is 9.97 Å². The number of furan rings is 1. The first-order chi connectivity index (χ1) is 28.2. The Morgan fingerprint density at radius 1 is 0.316 bits per heavy atom. The molecule has 0 bridgehead atoms. The van der Waals surface area contributed by atoms with Crippen LogP contribution in [0.2, 0.25) is 0 Å². The lowest BCUT2D eigenvalue weighted by Crippen LogP contribution is -1.95. The molecule has 0 N–H and O–H groups in total. The Bertz CT molecular complexity index is 3230. The number of hydrogen-bond donors (Lipinski definition) is 0. The molecule has 0 saturated carbocycles. The average Bonchev–Trinajstić information content (AvgIpc) is 3.65. The van der Waals surface area contributed by atoms with Gasteiger partial charge in [-0.1, -0.05) is 164 Å². The van der Waals surface area contributed by atoms with Crippen LogP contribution in [0.25, 0.3) is 111 Å². The van der Waals surface area contributed by atoms with Gasteiger partial charge in [0.15, 0.2) is 11.4 Å². The molecule has 0 saturated heterocycles. The van der Waals surface area contributed by atoms with Crippen LogP contribution in [0.5, 0.6) is 0 Å². The Balaban J connectivity index is 1.06. The second kappa shape index (κ2) is 13.6. The van der Waals surface area contributed by atoms with Gasteiger partial charge in [0.25, 0.3) is 0 Å². The number of hydrogen-bond acceptors (Lipinski definition) is 3. The minimum atomic E-state index is 0.655. The lowest BCUT2D eigenvalue weighted by Gasteiger charge is -2.13. The molecule has 0 spiro atoms. The van der Waals surface area contributed by atoms with Crippen molar-refractivity contribution in [3.63, 3.8) is 0 Å². The summed E-state index contributed by atoms with van der Waals surface area (Å²) in [7, 11) is 0. The summed E-state index contributed by atoms with van der Waals surface area (Å²) < 4.78 is 6.68. The summed E-state index contributed by atoms with van der Waals surface area (Å²) in [4.78, 5) is 10.6. The molecule has 2 aromatic heterocycles. The van der Waals surface area contributed by atoms with Gasteiger partial charge in [0.2, 0.25) is 0 Å². The molecule has 3 heteroatoms. The summed E-state index contributed by atoms with van der Waals surface area (Å²) in [5.74, 6) is 0.655. The van der Waals surface area contributed by atoms with Crippen LogP contribution < -0.4 is 0 Å². The molecule has 9 aromatic carbocycles. The standard InChI is InChI=1S/C54H34N2O/c1-3-14-35(15-4-1)44-30-45(36-16-5-2-6-17-36)32-46(31-44)40-24-11-22-38(28-40)39-23-12-25-43(29-39)54-55-51(48-27-13-21-37-18-9-10-26-47(37)48)53-52(56-54)49-33-41-19-7-8-20-42(41)34-50(49)57-53/h1-34H. The molecule has 0 radical (unpaired) electrons. The highest BCUT2D eigenvalue weighted by Gasteiger charge is 2.20. The Labute approximate surface area is 330 Å². The van der Waals surface area contributed by atoms with Gasteiger partial charge in [-0.05, 0) is 109 Å². The first-order valence-electron chi connectivity index (χ1n) is 19.3. The first-order valence-corrected chi connectivity index (χ1v) is 19.3. The van der Waals surface area contributed by atoms with E-state index in [2.05, 4.69) is 206 Å². The molecular weight excluding hydrogens is 693 g/mol. The fraction of sp³-hybridized carbons (Fsp3) is 0. The molecule has 2 heterocycles. The number of fused-ring (bicyclic) bond motifs is 5. The predicted molar refractivity (Wildman–Crippen MR) is 237 cm³/mol. The minimum absolute atomic E-state index is 0.655. The Morgan fingerprint density at radius 3 is 1.47 bits per heavy atom. The van der Waals surface area contributed by atoms with E-state index in [4.69, 9.17) is 14.4 Å². The van der Waals surface area contributed by atoms with Crippen LogP contribution in [-0.4, -0.2) is 9.97 Å². The van der Waals surface area contributed by atoms with Crippen molar-refractivity contribution in [1.29, 1.82) is 0 Å². The van der Waals surface area contributed by atoms with Gasteiger partial charge < -0.3 is 4.42 Å². The maximum atomic E-state index is 6.68. The highest BCUT2D eigenvalue weighted by Crippen LogP contribution is 2.40.